The van der Waals surface area contributed by atoms with Gasteiger partial charge in [-0.2, -0.15) is 4.31 Å². The first kappa shape index (κ1) is 14.2. The third-order valence-corrected chi connectivity index (χ3v) is 5.33. The molecule has 5 nitrogen and oxygen atoms in total. The van der Waals surface area contributed by atoms with Crippen molar-refractivity contribution in [3.8, 4) is 0 Å². The van der Waals surface area contributed by atoms with Gasteiger partial charge in [0.1, 0.15) is 5.82 Å². The van der Waals surface area contributed by atoms with E-state index in [2.05, 4.69) is 0 Å². The highest BCUT2D eigenvalue weighted by molar-refractivity contribution is 7.89. The lowest BCUT2D eigenvalue weighted by Crippen LogP contribution is -2.40. The SMILES string of the molecule is CC1OCCC1N(C)S(=O)(=O)c1ccc(N)c(F)c1. The zero-order chi connectivity index (χ0) is 14.2. The number of hydrogen-bond acceptors (Lipinski definition) is 4. The lowest BCUT2D eigenvalue weighted by molar-refractivity contribution is 0.102. The van der Waals surface area contributed by atoms with Crippen LogP contribution in [0.1, 0.15) is 13.3 Å². The van der Waals surface area contributed by atoms with Crippen LogP contribution in [0, 0.1) is 5.82 Å². The molecule has 106 valence electrons. The maximum absolute atomic E-state index is 13.4. The van der Waals surface area contributed by atoms with E-state index in [9.17, 15) is 12.8 Å². The molecule has 1 aromatic rings. The minimum absolute atomic E-state index is 0.0702. The summed E-state index contributed by atoms with van der Waals surface area (Å²) in [7, 11) is -2.25. The Hall–Kier alpha value is -1.18. The number of nitrogens with zero attached hydrogens (tertiary/aromatic N) is 1. The predicted octanol–water partition coefficient (Wildman–Crippen LogP) is 1.21. The van der Waals surface area contributed by atoms with Crippen molar-refractivity contribution in [2.45, 2.75) is 30.4 Å². The molecule has 1 fully saturated rings. The van der Waals surface area contributed by atoms with Crippen LogP contribution >= 0.6 is 0 Å². The smallest absolute Gasteiger partial charge is 0.243 e. The third kappa shape index (κ3) is 2.58. The van der Waals surface area contributed by atoms with Gasteiger partial charge in [0.25, 0.3) is 0 Å². The van der Waals surface area contributed by atoms with E-state index >= 15 is 0 Å². The van der Waals surface area contributed by atoms with Crippen molar-refractivity contribution in [2.24, 2.45) is 0 Å². The fraction of sp³-hybridized carbons (Fsp3) is 0.500. The van der Waals surface area contributed by atoms with Gasteiger partial charge in [-0.05, 0) is 31.5 Å². The molecular weight excluding hydrogens is 271 g/mol. The van der Waals surface area contributed by atoms with Crippen LogP contribution in [0.4, 0.5) is 10.1 Å². The van der Waals surface area contributed by atoms with E-state index in [1.54, 1.807) is 0 Å². The molecule has 1 aliphatic heterocycles. The number of anilines is 1. The summed E-state index contributed by atoms with van der Waals surface area (Å²) >= 11 is 0. The molecular formula is C12H17FN2O3S. The van der Waals surface area contributed by atoms with Crippen molar-refractivity contribution in [2.75, 3.05) is 19.4 Å². The first-order valence-electron chi connectivity index (χ1n) is 5.98. The van der Waals surface area contributed by atoms with E-state index < -0.39 is 15.8 Å². The molecule has 0 amide bonds. The molecule has 7 heteroatoms. The van der Waals surface area contributed by atoms with Crippen molar-refractivity contribution in [3.63, 3.8) is 0 Å². The summed E-state index contributed by atoms with van der Waals surface area (Å²) in [4.78, 5) is -0.0965. The van der Waals surface area contributed by atoms with Crippen LogP contribution in [0.25, 0.3) is 0 Å². The van der Waals surface area contributed by atoms with Gasteiger partial charge in [-0.15, -0.1) is 0 Å². The molecule has 0 aromatic heterocycles. The molecule has 2 unspecified atom stereocenters. The fourth-order valence-corrected chi connectivity index (χ4v) is 3.67. The Morgan fingerprint density at radius 2 is 2.16 bits per heavy atom. The van der Waals surface area contributed by atoms with Crippen LogP contribution in [0.2, 0.25) is 0 Å². The average Bonchev–Trinajstić information content (AvgIpc) is 2.77. The number of benzene rings is 1. The minimum atomic E-state index is -3.74. The molecule has 1 aromatic carbocycles. The van der Waals surface area contributed by atoms with Gasteiger partial charge >= 0.3 is 0 Å². The number of ether oxygens (including phenoxy) is 1. The number of rotatable bonds is 3. The summed E-state index contributed by atoms with van der Waals surface area (Å²) in [5, 5.41) is 0. The average molecular weight is 288 g/mol. The Balaban J connectivity index is 2.33. The topological polar surface area (TPSA) is 72.6 Å². The molecule has 1 heterocycles. The van der Waals surface area contributed by atoms with Crippen LogP contribution < -0.4 is 5.73 Å². The molecule has 0 aliphatic carbocycles. The molecule has 1 aliphatic rings. The number of hydrogen-bond donors (Lipinski definition) is 1. The summed E-state index contributed by atoms with van der Waals surface area (Å²) in [6.07, 6.45) is 0.465. The Morgan fingerprint density at radius 1 is 1.47 bits per heavy atom. The quantitative estimate of drug-likeness (QED) is 0.848. The van der Waals surface area contributed by atoms with Crippen molar-refractivity contribution >= 4 is 15.7 Å². The van der Waals surface area contributed by atoms with Crippen molar-refractivity contribution < 1.29 is 17.5 Å². The fourth-order valence-electron chi connectivity index (χ4n) is 2.21. The van der Waals surface area contributed by atoms with Gasteiger partial charge in [-0.1, -0.05) is 0 Å². The highest BCUT2D eigenvalue weighted by atomic mass is 32.2. The zero-order valence-corrected chi connectivity index (χ0v) is 11.7. The van der Waals surface area contributed by atoms with Crippen molar-refractivity contribution in [1.82, 2.24) is 4.31 Å². The van der Waals surface area contributed by atoms with Crippen LogP contribution in [0.15, 0.2) is 23.1 Å². The normalized spacial score (nSPS) is 24.0. The lowest BCUT2D eigenvalue weighted by Gasteiger charge is -2.26. The van der Waals surface area contributed by atoms with Crippen molar-refractivity contribution in [3.05, 3.63) is 24.0 Å². The summed E-state index contributed by atoms with van der Waals surface area (Å²) in [6.45, 7) is 2.36. The minimum Gasteiger partial charge on any atom is -0.396 e. The van der Waals surface area contributed by atoms with E-state index in [0.717, 1.165) is 6.07 Å². The largest absolute Gasteiger partial charge is 0.396 e. The zero-order valence-electron chi connectivity index (χ0n) is 10.8. The monoisotopic (exact) mass is 288 g/mol. The Bertz CT molecular complexity index is 576. The highest BCUT2D eigenvalue weighted by Crippen LogP contribution is 2.25. The molecule has 0 radical (unpaired) electrons. The molecule has 19 heavy (non-hydrogen) atoms. The van der Waals surface area contributed by atoms with Gasteiger partial charge in [-0.25, -0.2) is 12.8 Å². The number of nitrogens with two attached hydrogens (primary N) is 1. The molecule has 0 saturated carbocycles. The maximum Gasteiger partial charge on any atom is 0.243 e. The molecule has 2 rings (SSSR count). The second-order valence-electron chi connectivity index (χ2n) is 4.64. The van der Waals surface area contributed by atoms with Gasteiger partial charge in [0.2, 0.25) is 10.0 Å². The molecule has 2 atom stereocenters. The lowest BCUT2D eigenvalue weighted by atomic mass is 10.2. The molecule has 0 spiro atoms. The van der Waals surface area contributed by atoms with Crippen LogP contribution in [0.3, 0.4) is 0 Å². The number of sulfonamides is 1. The number of likely N-dealkylation sites (N-methyl/N-ethyl adjacent to an activating group) is 1. The van der Waals surface area contributed by atoms with E-state index in [1.807, 2.05) is 6.92 Å². The highest BCUT2D eigenvalue weighted by Gasteiger charge is 2.35. The Labute approximate surface area is 112 Å². The van der Waals surface area contributed by atoms with Gasteiger partial charge in [0, 0.05) is 13.7 Å². The van der Waals surface area contributed by atoms with E-state index in [1.165, 1.54) is 23.5 Å². The van der Waals surface area contributed by atoms with Gasteiger partial charge in [0.15, 0.2) is 0 Å². The second kappa shape index (κ2) is 5.07. The summed E-state index contributed by atoms with van der Waals surface area (Å²) in [6, 6.07) is 3.28. The summed E-state index contributed by atoms with van der Waals surface area (Å²) in [5.74, 6) is -0.731. The number of nitrogen functional groups attached to an aromatic ring is 1. The predicted molar refractivity (Wildman–Crippen MR) is 69.6 cm³/mol. The van der Waals surface area contributed by atoms with E-state index in [0.29, 0.717) is 13.0 Å². The van der Waals surface area contributed by atoms with Crippen LogP contribution in [0.5, 0.6) is 0 Å². The van der Waals surface area contributed by atoms with Crippen LogP contribution in [-0.2, 0) is 14.8 Å². The second-order valence-corrected chi connectivity index (χ2v) is 6.63. The van der Waals surface area contributed by atoms with Gasteiger partial charge in [0.05, 0.1) is 22.7 Å². The Kier molecular flexibility index (Phi) is 3.80. The molecule has 2 N–H and O–H groups in total. The molecule has 0 bridgehead atoms. The number of halogens is 1. The summed E-state index contributed by atoms with van der Waals surface area (Å²) < 4.78 is 44.8. The third-order valence-electron chi connectivity index (χ3n) is 3.45. The summed E-state index contributed by atoms with van der Waals surface area (Å²) in [5.41, 5.74) is 5.28. The Morgan fingerprint density at radius 3 is 2.68 bits per heavy atom. The molecule has 1 saturated heterocycles. The van der Waals surface area contributed by atoms with E-state index in [4.69, 9.17) is 10.5 Å². The van der Waals surface area contributed by atoms with Gasteiger partial charge in [-0.3, -0.25) is 0 Å². The van der Waals surface area contributed by atoms with Crippen LogP contribution in [-0.4, -0.2) is 38.5 Å². The standard InChI is InChI=1S/C12H17FN2O3S/c1-8-12(5-6-18-8)15(2)19(16,17)9-3-4-11(14)10(13)7-9/h3-4,7-8,12H,5-6,14H2,1-2H3. The van der Waals surface area contributed by atoms with Crippen molar-refractivity contribution in [1.29, 1.82) is 0 Å². The first-order chi connectivity index (χ1) is 8.84. The first-order valence-corrected chi connectivity index (χ1v) is 7.42. The van der Waals surface area contributed by atoms with E-state index in [-0.39, 0.29) is 22.7 Å². The maximum atomic E-state index is 13.4. The van der Waals surface area contributed by atoms with Gasteiger partial charge < -0.3 is 10.5 Å².